The van der Waals surface area contributed by atoms with Crippen molar-refractivity contribution >= 4 is 15.9 Å². The molecule has 0 spiro atoms. The predicted molar refractivity (Wildman–Crippen MR) is 64.5 cm³/mol. The molecule has 0 amide bonds. The lowest BCUT2D eigenvalue weighted by Crippen LogP contribution is -1.93. The summed E-state index contributed by atoms with van der Waals surface area (Å²) in [6.07, 6.45) is 2.74. The Balaban J connectivity index is 2.49. The molecular formula is C12H11BrN2. The van der Waals surface area contributed by atoms with E-state index in [2.05, 4.69) is 32.8 Å². The third-order valence-electron chi connectivity index (χ3n) is 2.19. The monoisotopic (exact) mass is 262 g/mol. The van der Waals surface area contributed by atoms with Crippen molar-refractivity contribution in [2.75, 3.05) is 0 Å². The Morgan fingerprint density at radius 3 is 2.73 bits per heavy atom. The second-order valence-electron chi connectivity index (χ2n) is 3.20. The highest BCUT2D eigenvalue weighted by molar-refractivity contribution is 9.10. The number of halogens is 1. The van der Waals surface area contributed by atoms with Gasteiger partial charge in [0.05, 0.1) is 0 Å². The molecule has 76 valence electrons. The fourth-order valence-electron chi connectivity index (χ4n) is 1.37. The summed E-state index contributed by atoms with van der Waals surface area (Å²) in [6, 6.07) is 9.93. The van der Waals surface area contributed by atoms with Crippen LogP contribution < -0.4 is 0 Å². The van der Waals surface area contributed by atoms with E-state index >= 15 is 0 Å². The molecule has 0 aliphatic heterocycles. The van der Waals surface area contributed by atoms with Crippen molar-refractivity contribution in [3.05, 3.63) is 46.7 Å². The lowest BCUT2D eigenvalue weighted by Gasteiger charge is -2.03. The Hall–Kier alpha value is -1.22. The van der Waals surface area contributed by atoms with Gasteiger partial charge in [0.1, 0.15) is 0 Å². The summed E-state index contributed by atoms with van der Waals surface area (Å²) in [7, 11) is 0. The minimum atomic E-state index is 0.779. The Morgan fingerprint density at radius 2 is 2.00 bits per heavy atom. The summed E-state index contributed by atoms with van der Waals surface area (Å²) in [5.74, 6) is 0.779. The first-order valence-electron chi connectivity index (χ1n) is 4.88. The van der Waals surface area contributed by atoms with Gasteiger partial charge < -0.3 is 0 Å². The van der Waals surface area contributed by atoms with E-state index in [0.717, 1.165) is 28.0 Å². The van der Waals surface area contributed by atoms with Crippen molar-refractivity contribution in [2.24, 2.45) is 0 Å². The average molecular weight is 263 g/mol. The van der Waals surface area contributed by atoms with Gasteiger partial charge in [-0.2, -0.15) is 0 Å². The fourth-order valence-corrected chi connectivity index (χ4v) is 1.83. The Kier molecular flexibility index (Phi) is 3.11. The number of benzene rings is 1. The molecule has 1 heterocycles. The van der Waals surface area contributed by atoms with Gasteiger partial charge in [0, 0.05) is 21.9 Å². The molecule has 0 saturated heterocycles. The molecule has 2 aromatic rings. The van der Waals surface area contributed by atoms with Gasteiger partial charge in [-0.15, -0.1) is 0 Å². The van der Waals surface area contributed by atoms with Gasteiger partial charge in [-0.1, -0.05) is 41.1 Å². The zero-order valence-electron chi connectivity index (χ0n) is 8.44. The Labute approximate surface area is 97.5 Å². The minimum absolute atomic E-state index is 0.779. The molecule has 1 aromatic carbocycles. The molecule has 1 aromatic heterocycles. The van der Waals surface area contributed by atoms with E-state index in [9.17, 15) is 0 Å². The third kappa shape index (κ3) is 2.23. The molecule has 0 bridgehead atoms. The molecule has 0 radical (unpaired) electrons. The molecule has 15 heavy (non-hydrogen) atoms. The number of aryl methyl sites for hydroxylation is 1. The van der Waals surface area contributed by atoms with E-state index in [0.29, 0.717) is 0 Å². The Morgan fingerprint density at radius 1 is 1.20 bits per heavy atom. The second kappa shape index (κ2) is 4.53. The number of hydrogen-bond donors (Lipinski definition) is 0. The highest BCUT2D eigenvalue weighted by Gasteiger charge is 2.04. The molecule has 0 atom stereocenters. The minimum Gasteiger partial charge on any atom is -0.237 e. The number of aromatic nitrogens is 2. The average Bonchev–Trinajstić information content (AvgIpc) is 2.30. The normalized spacial score (nSPS) is 10.3. The van der Waals surface area contributed by atoms with Gasteiger partial charge in [-0.25, -0.2) is 9.97 Å². The molecular weight excluding hydrogens is 252 g/mol. The van der Waals surface area contributed by atoms with E-state index in [1.165, 1.54) is 0 Å². The van der Waals surface area contributed by atoms with Crippen LogP contribution in [0.25, 0.3) is 11.4 Å². The molecule has 0 unspecified atom stereocenters. The topological polar surface area (TPSA) is 25.8 Å². The van der Waals surface area contributed by atoms with E-state index in [1.54, 1.807) is 6.20 Å². The van der Waals surface area contributed by atoms with Crippen molar-refractivity contribution in [3.8, 4) is 11.4 Å². The summed E-state index contributed by atoms with van der Waals surface area (Å²) in [5, 5.41) is 0. The predicted octanol–water partition coefficient (Wildman–Crippen LogP) is 3.47. The largest absolute Gasteiger partial charge is 0.237 e. The van der Waals surface area contributed by atoms with Crippen LogP contribution in [-0.2, 0) is 6.42 Å². The van der Waals surface area contributed by atoms with Crippen molar-refractivity contribution < 1.29 is 0 Å². The number of hydrogen-bond acceptors (Lipinski definition) is 2. The van der Waals surface area contributed by atoms with Gasteiger partial charge in [0.25, 0.3) is 0 Å². The maximum Gasteiger partial charge on any atom is 0.160 e. The lowest BCUT2D eigenvalue weighted by atomic mass is 10.2. The first-order valence-corrected chi connectivity index (χ1v) is 5.67. The zero-order chi connectivity index (χ0) is 10.7. The second-order valence-corrected chi connectivity index (χ2v) is 4.06. The van der Waals surface area contributed by atoms with Gasteiger partial charge >= 0.3 is 0 Å². The highest BCUT2D eigenvalue weighted by atomic mass is 79.9. The maximum atomic E-state index is 4.48. The SMILES string of the molecule is CCc1ccnc(-c2ccccc2Br)n1. The van der Waals surface area contributed by atoms with Crippen LogP contribution in [0.4, 0.5) is 0 Å². The summed E-state index contributed by atoms with van der Waals surface area (Å²) >= 11 is 3.50. The number of nitrogens with zero attached hydrogens (tertiary/aromatic N) is 2. The standard InChI is InChI=1S/C12H11BrN2/c1-2-9-7-8-14-12(15-9)10-5-3-4-6-11(10)13/h3-8H,2H2,1H3. The molecule has 0 aliphatic carbocycles. The third-order valence-corrected chi connectivity index (χ3v) is 2.88. The van der Waals surface area contributed by atoms with Crippen LogP contribution in [0.3, 0.4) is 0 Å². The molecule has 0 fully saturated rings. The summed E-state index contributed by atoms with van der Waals surface area (Å²) in [5.41, 5.74) is 2.10. The zero-order valence-corrected chi connectivity index (χ0v) is 10.0. The highest BCUT2D eigenvalue weighted by Crippen LogP contribution is 2.24. The van der Waals surface area contributed by atoms with Crippen molar-refractivity contribution in [1.29, 1.82) is 0 Å². The summed E-state index contributed by atoms with van der Waals surface area (Å²) < 4.78 is 1.03. The van der Waals surface area contributed by atoms with Crippen LogP contribution in [0, 0.1) is 0 Å². The van der Waals surface area contributed by atoms with Crippen LogP contribution in [0.15, 0.2) is 41.0 Å². The van der Waals surface area contributed by atoms with Crippen LogP contribution in [-0.4, -0.2) is 9.97 Å². The van der Waals surface area contributed by atoms with E-state index in [1.807, 2.05) is 30.3 Å². The van der Waals surface area contributed by atoms with Crippen molar-refractivity contribution in [2.45, 2.75) is 13.3 Å². The van der Waals surface area contributed by atoms with Gasteiger partial charge in [-0.05, 0) is 18.6 Å². The molecule has 3 heteroatoms. The van der Waals surface area contributed by atoms with Crippen LogP contribution in [0.2, 0.25) is 0 Å². The van der Waals surface area contributed by atoms with Crippen molar-refractivity contribution in [1.82, 2.24) is 9.97 Å². The quantitative estimate of drug-likeness (QED) is 0.829. The number of rotatable bonds is 2. The van der Waals surface area contributed by atoms with Crippen LogP contribution >= 0.6 is 15.9 Å². The summed E-state index contributed by atoms with van der Waals surface area (Å²) in [4.78, 5) is 8.76. The van der Waals surface area contributed by atoms with Crippen molar-refractivity contribution in [3.63, 3.8) is 0 Å². The Bertz CT molecular complexity index is 469. The summed E-state index contributed by atoms with van der Waals surface area (Å²) in [6.45, 7) is 2.09. The van der Waals surface area contributed by atoms with Gasteiger partial charge in [0.15, 0.2) is 5.82 Å². The molecule has 0 saturated carbocycles. The van der Waals surface area contributed by atoms with Crippen LogP contribution in [0.5, 0.6) is 0 Å². The van der Waals surface area contributed by atoms with E-state index in [4.69, 9.17) is 0 Å². The smallest absolute Gasteiger partial charge is 0.160 e. The molecule has 2 rings (SSSR count). The van der Waals surface area contributed by atoms with Gasteiger partial charge in [-0.3, -0.25) is 0 Å². The fraction of sp³-hybridized carbons (Fsp3) is 0.167. The van der Waals surface area contributed by atoms with Crippen LogP contribution in [0.1, 0.15) is 12.6 Å². The lowest BCUT2D eigenvalue weighted by molar-refractivity contribution is 1.00. The van der Waals surface area contributed by atoms with E-state index in [-0.39, 0.29) is 0 Å². The van der Waals surface area contributed by atoms with Gasteiger partial charge in [0.2, 0.25) is 0 Å². The molecule has 0 aliphatic rings. The maximum absolute atomic E-state index is 4.48. The first-order chi connectivity index (χ1) is 7.31. The first kappa shape index (κ1) is 10.3. The molecule has 0 N–H and O–H groups in total. The molecule has 2 nitrogen and oxygen atoms in total. The van der Waals surface area contributed by atoms with E-state index < -0.39 is 0 Å².